The molecule has 0 saturated carbocycles. The maximum absolute atomic E-state index is 13.1. The molecule has 1 fully saturated rings. The lowest BCUT2D eigenvalue weighted by Gasteiger charge is -2.39. The molecule has 1 saturated heterocycles. The Morgan fingerprint density at radius 2 is 1.47 bits per heavy atom. The molecule has 0 aliphatic carbocycles. The van der Waals surface area contributed by atoms with Crippen molar-refractivity contribution in [3.05, 3.63) is 102 Å². The lowest BCUT2D eigenvalue weighted by Crippen LogP contribution is -2.53. The number of carbonyl (C=O) groups is 4. The Balaban J connectivity index is 0.972. The van der Waals surface area contributed by atoms with Gasteiger partial charge in [-0.05, 0) is 55.6 Å². The van der Waals surface area contributed by atoms with Crippen LogP contribution in [0.2, 0.25) is 0 Å². The van der Waals surface area contributed by atoms with Crippen molar-refractivity contribution < 1.29 is 24.3 Å². The molecule has 15 nitrogen and oxygen atoms in total. The molecule has 5 N–H and O–H groups in total. The summed E-state index contributed by atoms with van der Waals surface area (Å²) in [6.45, 7) is 8.44. The minimum Gasteiger partial charge on any atom is -0.392 e. The average Bonchev–Trinajstić information content (AvgIpc) is 3.71. The zero-order valence-electron chi connectivity index (χ0n) is 30.2. The highest BCUT2D eigenvalue weighted by Gasteiger charge is 2.24. The van der Waals surface area contributed by atoms with Gasteiger partial charge in [-0.2, -0.15) is 0 Å². The van der Waals surface area contributed by atoms with Crippen molar-refractivity contribution >= 4 is 51.6 Å². The molecular formula is C38H44N10O5. The Bertz CT molecular complexity index is 2120. The van der Waals surface area contributed by atoms with Crippen LogP contribution in [0.3, 0.4) is 0 Å². The Labute approximate surface area is 307 Å². The number of pyridine rings is 1. The van der Waals surface area contributed by atoms with Crippen LogP contribution in [-0.4, -0.2) is 109 Å². The third kappa shape index (κ3) is 8.95. The van der Waals surface area contributed by atoms with Gasteiger partial charge in [-0.15, -0.1) is 0 Å². The highest BCUT2D eigenvalue weighted by atomic mass is 16.3. The number of hydrogen-bond acceptors (Lipinski definition) is 9. The summed E-state index contributed by atoms with van der Waals surface area (Å²) in [4.78, 5) is 65.0. The average molecular weight is 721 g/mol. The number of anilines is 3. The fourth-order valence-electron chi connectivity index (χ4n) is 6.19. The zero-order valence-corrected chi connectivity index (χ0v) is 30.2. The number of benzene rings is 2. The zero-order chi connectivity index (χ0) is 37.6. The Morgan fingerprint density at radius 1 is 0.774 bits per heavy atom. The van der Waals surface area contributed by atoms with Crippen molar-refractivity contribution in [2.45, 2.75) is 26.0 Å². The van der Waals surface area contributed by atoms with Gasteiger partial charge in [-0.1, -0.05) is 24.3 Å². The van der Waals surface area contributed by atoms with Gasteiger partial charge in [0.05, 0.1) is 11.8 Å². The van der Waals surface area contributed by atoms with Crippen LogP contribution in [0.5, 0.6) is 0 Å². The van der Waals surface area contributed by atoms with Gasteiger partial charge in [0, 0.05) is 94.6 Å². The number of fused-ring (bicyclic) bond motifs is 1. The van der Waals surface area contributed by atoms with E-state index >= 15 is 0 Å². The topological polar surface area (TPSA) is 179 Å². The van der Waals surface area contributed by atoms with E-state index in [1.54, 1.807) is 78.2 Å². The highest BCUT2D eigenvalue weighted by Crippen LogP contribution is 2.19. The molecule has 3 aromatic heterocycles. The molecule has 1 unspecified atom stereocenters. The summed E-state index contributed by atoms with van der Waals surface area (Å²) in [5.41, 5.74) is 1.80. The monoisotopic (exact) mass is 720 g/mol. The van der Waals surface area contributed by atoms with Crippen LogP contribution in [0.15, 0.2) is 79.3 Å². The van der Waals surface area contributed by atoms with Crippen molar-refractivity contribution in [2.75, 3.05) is 55.2 Å². The summed E-state index contributed by atoms with van der Waals surface area (Å²) in [5, 5.41) is 22.9. The number of rotatable bonds is 12. The Kier molecular flexibility index (Phi) is 11.3. The van der Waals surface area contributed by atoms with E-state index in [1.807, 2.05) is 38.1 Å². The van der Waals surface area contributed by atoms with Crippen LogP contribution in [0.4, 0.5) is 17.2 Å². The van der Waals surface area contributed by atoms with E-state index in [1.165, 1.54) is 0 Å². The van der Waals surface area contributed by atoms with Crippen LogP contribution in [0, 0.1) is 0 Å². The summed E-state index contributed by atoms with van der Waals surface area (Å²) >= 11 is 0. The number of hydrogen-bond donors (Lipinski definition) is 5. The number of nitrogens with zero attached hydrogens (tertiary/aromatic N) is 6. The fourth-order valence-corrected chi connectivity index (χ4v) is 6.19. The van der Waals surface area contributed by atoms with Crippen LogP contribution in [0.1, 0.15) is 55.8 Å². The SMILES string of the molecule is CC([C@@H](C)O)N1CCN(CCNC(=O)c2nc(NC(=O)c3ccc(NC(=O)c4cc(NC(=O)c5cc6ccccc6cn5)cn4C)cc3)cn2C)CC1. The van der Waals surface area contributed by atoms with Gasteiger partial charge >= 0.3 is 0 Å². The molecule has 4 amide bonds. The fraction of sp³-hybridized carbons (Fsp3) is 0.316. The largest absolute Gasteiger partial charge is 0.392 e. The number of aliphatic hydroxyl groups excluding tert-OH is 1. The van der Waals surface area contributed by atoms with E-state index in [0.717, 1.165) is 37.0 Å². The van der Waals surface area contributed by atoms with Gasteiger partial charge in [-0.25, -0.2) is 4.98 Å². The second-order valence-electron chi connectivity index (χ2n) is 13.3. The molecular weight excluding hydrogens is 676 g/mol. The summed E-state index contributed by atoms with van der Waals surface area (Å²) in [6, 6.07) is 17.4. The standard InChI is InChI=1S/C38H44N10O5/c1-24(25(2)49)48-17-15-47(16-18-48)14-13-39-38(53)34-43-33(23-46(34)4)44-35(50)26-9-11-29(12-10-26)41-37(52)32-20-30(22-45(32)3)42-36(51)31-19-27-7-5-6-8-28(27)21-40-31/h5-12,19-25,49H,13-18H2,1-4H3,(H,39,53)(H,41,52)(H,42,51)(H,44,50)/t24?,25-/m1/s1. The van der Waals surface area contributed by atoms with E-state index < -0.39 is 17.7 Å². The van der Waals surface area contributed by atoms with Crippen LogP contribution < -0.4 is 21.3 Å². The summed E-state index contributed by atoms with van der Waals surface area (Å²) < 4.78 is 3.16. The van der Waals surface area contributed by atoms with Gasteiger partial charge < -0.3 is 35.5 Å². The summed E-state index contributed by atoms with van der Waals surface area (Å²) in [6.07, 6.45) is 4.47. The molecule has 0 radical (unpaired) electrons. The Morgan fingerprint density at radius 3 is 2.19 bits per heavy atom. The molecule has 0 spiro atoms. The predicted molar refractivity (Wildman–Crippen MR) is 202 cm³/mol. The molecule has 53 heavy (non-hydrogen) atoms. The number of aromatic nitrogens is 4. The number of carbonyl (C=O) groups excluding carboxylic acids is 4. The normalized spacial score (nSPS) is 14.7. The first-order chi connectivity index (χ1) is 25.4. The second-order valence-corrected chi connectivity index (χ2v) is 13.3. The third-order valence-electron chi connectivity index (χ3n) is 9.48. The van der Waals surface area contributed by atoms with E-state index in [4.69, 9.17) is 0 Å². The van der Waals surface area contributed by atoms with E-state index in [0.29, 0.717) is 35.7 Å². The molecule has 4 heterocycles. The maximum Gasteiger partial charge on any atom is 0.287 e. The van der Waals surface area contributed by atoms with Gasteiger partial charge in [0.15, 0.2) is 5.82 Å². The minimum atomic E-state index is -0.430. The molecule has 2 aromatic carbocycles. The first-order valence-corrected chi connectivity index (χ1v) is 17.5. The molecule has 15 heteroatoms. The van der Waals surface area contributed by atoms with E-state index in [2.05, 4.69) is 41.0 Å². The van der Waals surface area contributed by atoms with Gasteiger partial charge in [-0.3, -0.25) is 34.0 Å². The molecule has 0 bridgehead atoms. The van der Waals surface area contributed by atoms with Crippen molar-refractivity contribution in [3.63, 3.8) is 0 Å². The van der Waals surface area contributed by atoms with E-state index in [9.17, 15) is 24.3 Å². The van der Waals surface area contributed by atoms with Crippen LogP contribution in [0.25, 0.3) is 10.8 Å². The van der Waals surface area contributed by atoms with Gasteiger partial charge in [0.25, 0.3) is 23.6 Å². The summed E-state index contributed by atoms with van der Waals surface area (Å²) in [5.74, 6) is -1.18. The predicted octanol–water partition coefficient (Wildman–Crippen LogP) is 3.18. The van der Waals surface area contributed by atoms with Gasteiger partial charge in [0.2, 0.25) is 5.82 Å². The second kappa shape index (κ2) is 16.2. The van der Waals surface area contributed by atoms with Crippen LogP contribution in [-0.2, 0) is 14.1 Å². The summed E-state index contributed by atoms with van der Waals surface area (Å²) in [7, 11) is 3.38. The highest BCUT2D eigenvalue weighted by molar-refractivity contribution is 6.08. The number of imidazole rings is 1. The molecule has 2 atom stereocenters. The number of aryl methyl sites for hydroxylation is 2. The van der Waals surface area contributed by atoms with Crippen LogP contribution >= 0.6 is 0 Å². The van der Waals surface area contributed by atoms with Gasteiger partial charge in [0.1, 0.15) is 11.4 Å². The van der Waals surface area contributed by atoms with Crippen molar-refractivity contribution in [1.82, 2.24) is 34.2 Å². The van der Waals surface area contributed by atoms with E-state index in [-0.39, 0.29) is 35.4 Å². The number of amides is 4. The Hall–Kier alpha value is -5.90. The lowest BCUT2D eigenvalue weighted by atomic mass is 10.1. The van der Waals surface area contributed by atoms with Crippen molar-refractivity contribution in [2.24, 2.45) is 14.1 Å². The smallest absolute Gasteiger partial charge is 0.287 e. The molecule has 276 valence electrons. The van der Waals surface area contributed by atoms with Crippen molar-refractivity contribution in [3.8, 4) is 0 Å². The third-order valence-corrected chi connectivity index (χ3v) is 9.48. The first-order valence-electron chi connectivity index (χ1n) is 17.5. The lowest BCUT2D eigenvalue weighted by molar-refractivity contribution is 0.0357. The van der Waals surface area contributed by atoms with Crippen molar-refractivity contribution in [1.29, 1.82) is 0 Å². The quantitative estimate of drug-likeness (QED) is 0.130. The maximum atomic E-state index is 13.1. The number of nitrogens with one attached hydrogen (secondary N) is 4. The molecule has 1 aliphatic rings. The number of piperazine rings is 1. The molecule has 6 rings (SSSR count). The first kappa shape index (κ1) is 36.9. The molecule has 1 aliphatic heterocycles. The number of aliphatic hydroxyl groups is 1. The molecule has 5 aromatic rings. The minimum absolute atomic E-state index is 0.113.